The highest BCUT2D eigenvalue weighted by Gasteiger charge is 2.12. The van der Waals surface area contributed by atoms with Gasteiger partial charge in [-0.2, -0.15) is 9.97 Å². The van der Waals surface area contributed by atoms with Gasteiger partial charge in [0.05, 0.1) is 0 Å². The van der Waals surface area contributed by atoms with Gasteiger partial charge in [-0.1, -0.05) is 0 Å². The van der Waals surface area contributed by atoms with Crippen LogP contribution < -0.4 is 16.8 Å². The highest BCUT2D eigenvalue weighted by molar-refractivity contribution is 9.13. The number of hydrogen-bond acceptors (Lipinski definition) is 7. The van der Waals surface area contributed by atoms with Gasteiger partial charge in [0.15, 0.2) is 17.3 Å². The molecule has 9 heteroatoms. The quantitative estimate of drug-likeness (QED) is 0.695. The van der Waals surface area contributed by atoms with Gasteiger partial charge in [-0.3, -0.25) is 0 Å². The number of aromatic nitrogens is 2. The molecule has 0 saturated carbocycles. The maximum absolute atomic E-state index is 10.8. The lowest BCUT2D eigenvalue weighted by atomic mass is 10.3. The van der Waals surface area contributed by atoms with Gasteiger partial charge in [-0.05, 0) is 55.2 Å². The van der Waals surface area contributed by atoms with E-state index in [0.29, 0.717) is 5.69 Å². The molecule has 0 amide bonds. The Labute approximate surface area is 125 Å². The fraction of sp³-hybridized carbons (Fsp3) is 0. The van der Waals surface area contributed by atoms with Crippen molar-refractivity contribution < 1.29 is 0 Å². The Balaban J connectivity index is 2.42. The zero-order chi connectivity index (χ0) is 14.0. The van der Waals surface area contributed by atoms with Crippen LogP contribution in [0.5, 0.6) is 0 Å². The molecule has 1 aromatic carbocycles. The van der Waals surface area contributed by atoms with Crippen molar-refractivity contribution >= 4 is 60.8 Å². The molecule has 2 rings (SSSR count). The molecule has 7 nitrogen and oxygen atoms in total. The highest BCUT2D eigenvalue weighted by atomic mass is 79.9. The predicted octanol–water partition coefficient (Wildman–Crippen LogP) is 3.31. The molecule has 0 aliphatic heterocycles. The van der Waals surface area contributed by atoms with E-state index in [9.17, 15) is 4.91 Å². The number of halogens is 2. The molecule has 0 atom stereocenters. The second-order valence-corrected chi connectivity index (χ2v) is 5.22. The minimum absolute atomic E-state index is 0.0384. The number of rotatable bonds is 3. The average Bonchev–Trinajstić information content (AvgIpc) is 2.33. The van der Waals surface area contributed by atoms with Crippen LogP contribution >= 0.6 is 31.9 Å². The molecule has 0 aliphatic carbocycles. The van der Waals surface area contributed by atoms with Gasteiger partial charge >= 0.3 is 0 Å². The molecule has 0 radical (unpaired) electrons. The molecular weight excluding hydrogens is 380 g/mol. The monoisotopic (exact) mass is 386 g/mol. The third-order valence-corrected chi connectivity index (χ3v) is 4.08. The first kappa shape index (κ1) is 13.7. The van der Waals surface area contributed by atoms with Crippen molar-refractivity contribution in [2.24, 2.45) is 5.18 Å². The number of nitroso groups, excluding NO2 is 1. The van der Waals surface area contributed by atoms with E-state index in [1.807, 2.05) is 6.07 Å². The van der Waals surface area contributed by atoms with Crippen LogP contribution in [0.4, 0.5) is 29.0 Å². The number of nitrogens with one attached hydrogen (secondary N) is 1. The second kappa shape index (κ2) is 5.49. The van der Waals surface area contributed by atoms with Gasteiger partial charge in [-0.15, -0.1) is 4.91 Å². The van der Waals surface area contributed by atoms with Crippen molar-refractivity contribution in [3.05, 3.63) is 32.1 Å². The smallest absolute Gasteiger partial charge is 0.224 e. The molecule has 5 N–H and O–H groups in total. The molecule has 0 unspecified atom stereocenters. The maximum Gasteiger partial charge on any atom is 0.224 e. The predicted molar refractivity (Wildman–Crippen MR) is 81.4 cm³/mol. The molecular formula is C10H8Br2N6O. The number of nitrogen functional groups attached to an aromatic ring is 2. The molecule has 19 heavy (non-hydrogen) atoms. The van der Waals surface area contributed by atoms with E-state index in [1.165, 1.54) is 0 Å². The number of nitrogens with two attached hydrogens (primary N) is 2. The van der Waals surface area contributed by atoms with Crippen LogP contribution in [0.15, 0.2) is 32.3 Å². The Kier molecular flexibility index (Phi) is 3.96. The Morgan fingerprint density at radius 3 is 2.53 bits per heavy atom. The first-order chi connectivity index (χ1) is 9.01. The summed E-state index contributed by atoms with van der Waals surface area (Å²) >= 11 is 6.73. The van der Waals surface area contributed by atoms with E-state index in [0.717, 1.165) is 8.95 Å². The fourth-order valence-corrected chi connectivity index (χ4v) is 2.00. The molecule has 0 fully saturated rings. The minimum Gasteiger partial charge on any atom is -0.382 e. The van der Waals surface area contributed by atoms with Gasteiger partial charge in [0, 0.05) is 14.6 Å². The Morgan fingerprint density at radius 1 is 1.16 bits per heavy atom. The van der Waals surface area contributed by atoms with Gasteiger partial charge in [-0.25, -0.2) is 0 Å². The lowest BCUT2D eigenvalue weighted by molar-refractivity contribution is 1.18. The molecule has 1 aromatic heterocycles. The van der Waals surface area contributed by atoms with E-state index >= 15 is 0 Å². The summed E-state index contributed by atoms with van der Waals surface area (Å²) in [7, 11) is 0. The maximum atomic E-state index is 10.8. The van der Waals surface area contributed by atoms with E-state index in [2.05, 4.69) is 52.3 Å². The summed E-state index contributed by atoms with van der Waals surface area (Å²) in [6.07, 6.45) is 0. The Hall–Kier alpha value is -1.74. The summed E-state index contributed by atoms with van der Waals surface area (Å²) in [5.41, 5.74) is 11.7. The van der Waals surface area contributed by atoms with Crippen molar-refractivity contribution in [3.63, 3.8) is 0 Å². The molecule has 2 aromatic rings. The van der Waals surface area contributed by atoms with E-state index in [1.54, 1.807) is 12.1 Å². The summed E-state index contributed by atoms with van der Waals surface area (Å²) in [5, 5.41) is 5.73. The van der Waals surface area contributed by atoms with Crippen LogP contribution in [0.2, 0.25) is 0 Å². The van der Waals surface area contributed by atoms with Gasteiger partial charge in [0.25, 0.3) is 0 Å². The minimum atomic E-state index is -0.0757. The van der Waals surface area contributed by atoms with Crippen LogP contribution in [-0.2, 0) is 0 Å². The van der Waals surface area contributed by atoms with Crippen molar-refractivity contribution in [3.8, 4) is 0 Å². The lowest BCUT2D eigenvalue weighted by Crippen LogP contribution is -2.04. The number of benzene rings is 1. The molecule has 0 saturated heterocycles. The molecule has 1 heterocycles. The fourth-order valence-electron chi connectivity index (χ4n) is 1.38. The van der Waals surface area contributed by atoms with Crippen LogP contribution in [0.25, 0.3) is 0 Å². The first-order valence-corrected chi connectivity index (χ1v) is 6.58. The second-order valence-electron chi connectivity index (χ2n) is 3.51. The highest BCUT2D eigenvalue weighted by Crippen LogP contribution is 2.33. The molecule has 98 valence electrons. The molecule has 0 bridgehead atoms. The molecule has 0 spiro atoms. The van der Waals surface area contributed by atoms with E-state index in [-0.39, 0.29) is 23.3 Å². The Morgan fingerprint density at radius 2 is 1.89 bits per heavy atom. The zero-order valence-corrected chi connectivity index (χ0v) is 12.6. The van der Waals surface area contributed by atoms with Gasteiger partial charge in [0.1, 0.15) is 0 Å². The van der Waals surface area contributed by atoms with Gasteiger partial charge < -0.3 is 16.8 Å². The first-order valence-electron chi connectivity index (χ1n) is 4.99. The average molecular weight is 388 g/mol. The van der Waals surface area contributed by atoms with Crippen molar-refractivity contribution in [2.75, 3.05) is 16.8 Å². The number of hydrogen-bond donors (Lipinski definition) is 3. The third kappa shape index (κ3) is 2.99. The van der Waals surface area contributed by atoms with Crippen molar-refractivity contribution in [2.45, 2.75) is 0 Å². The SMILES string of the molecule is Nc1nc(N)c(N=O)c(Nc2ccc(Br)c(Br)c2)n1. The largest absolute Gasteiger partial charge is 0.382 e. The normalized spacial score (nSPS) is 10.2. The van der Waals surface area contributed by atoms with Crippen LogP contribution in [0, 0.1) is 4.91 Å². The van der Waals surface area contributed by atoms with Crippen LogP contribution in [0.3, 0.4) is 0 Å². The zero-order valence-electron chi connectivity index (χ0n) is 9.39. The third-order valence-electron chi connectivity index (χ3n) is 2.20. The van der Waals surface area contributed by atoms with Crippen LogP contribution in [-0.4, -0.2) is 9.97 Å². The number of nitrogens with zero attached hydrogens (tertiary/aromatic N) is 3. The van der Waals surface area contributed by atoms with Crippen molar-refractivity contribution in [1.82, 2.24) is 9.97 Å². The van der Waals surface area contributed by atoms with E-state index < -0.39 is 0 Å². The summed E-state index contributed by atoms with van der Waals surface area (Å²) in [4.78, 5) is 18.3. The Bertz CT molecular complexity index is 648. The van der Waals surface area contributed by atoms with Gasteiger partial charge in [0.2, 0.25) is 5.95 Å². The van der Waals surface area contributed by atoms with E-state index in [4.69, 9.17) is 11.5 Å². The topological polar surface area (TPSA) is 119 Å². The summed E-state index contributed by atoms with van der Waals surface area (Å²) in [6.45, 7) is 0. The van der Waals surface area contributed by atoms with Crippen LogP contribution in [0.1, 0.15) is 0 Å². The summed E-state index contributed by atoms with van der Waals surface area (Å²) < 4.78 is 1.74. The summed E-state index contributed by atoms with van der Waals surface area (Å²) in [6, 6.07) is 5.42. The standard InChI is InChI=1S/C10H8Br2N6O/c11-5-2-1-4(3-6(5)12)15-9-7(18-19)8(13)16-10(14)17-9/h1-3H,(H5,13,14,15,16,17). The molecule has 0 aliphatic rings. The number of anilines is 4. The van der Waals surface area contributed by atoms with Crippen molar-refractivity contribution in [1.29, 1.82) is 0 Å². The summed E-state index contributed by atoms with van der Waals surface area (Å²) in [5.74, 6) is 0.0546. The lowest BCUT2D eigenvalue weighted by Gasteiger charge is -2.09.